The Labute approximate surface area is 197 Å². The van der Waals surface area contributed by atoms with Gasteiger partial charge < -0.3 is 4.90 Å². The number of aromatic nitrogens is 1. The number of piperazine rings is 1. The van der Waals surface area contributed by atoms with Crippen LogP contribution < -0.4 is 4.90 Å². The molecule has 164 valence electrons. The van der Waals surface area contributed by atoms with Crippen molar-refractivity contribution in [2.75, 3.05) is 31.1 Å². The van der Waals surface area contributed by atoms with Crippen molar-refractivity contribution >= 4 is 49.7 Å². The summed E-state index contributed by atoms with van der Waals surface area (Å²) in [6.07, 6.45) is 0. The topological polar surface area (TPSA) is 53.5 Å². The van der Waals surface area contributed by atoms with Gasteiger partial charge in [-0.25, -0.2) is 13.4 Å². The predicted octanol–water partition coefficient (Wildman–Crippen LogP) is 5.55. The lowest BCUT2D eigenvalue weighted by molar-refractivity contribution is 0.385. The van der Waals surface area contributed by atoms with Gasteiger partial charge in [-0.15, -0.1) is 11.3 Å². The minimum atomic E-state index is -3.69. The molecule has 0 radical (unpaired) electrons. The zero-order valence-corrected chi connectivity index (χ0v) is 20.7. The molecule has 0 saturated carbocycles. The van der Waals surface area contributed by atoms with Crippen LogP contribution in [0.15, 0.2) is 40.6 Å². The second-order valence-electron chi connectivity index (χ2n) is 7.81. The van der Waals surface area contributed by atoms with E-state index in [0.29, 0.717) is 36.8 Å². The molecule has 5 nitrogen and oxygen atoms in total. The van der Waals surface area contributed by atoms with Crippen molar-refractivity contribution in [2.24, 2.45) is 0 Å². The summed E-state index contributed by atoms with van der Waals surface area (Å²) in [6, 6.07) is 9.45. The fourth-order valence-corrected chi connectivity index (χ4v) is 6.87. The number of hydrogen-bond acceptors (Lipinski definition) is 5. The van der Waals surface area contributed by atoms with Gasteiger partial charge in [-0.2, -0.15) is 4.31 Å². The molecule has 1 saturated heterocycles. The third kappa shape index (κ3) is 4.61. The SMILES string of the molecule is Cc1cc(C)cc(-c2csc(N3CCN(S(=O)(=O)c4cc(C)c(Cl)cc4Cl)CC3)n2)c1. The van der Waals surface area contributed by atoms with Gasteiger partial charge in [0.2, 0.25) is 10.0 Å². The van der Waals surface area contributed by atoms with Crippen LogP contribution in [0.5, 0.6) is 0 Å². The lowest BCUT2D eigenvalue weighted by Crippen LogP contribution is -2.48. The van der Waals surface area contributed by atoms with Crippen LogP contribution in [0.3, 0.4) is 0 Å². The van der Waals surface area contributed by atoms with E-state index in [1.54, 1.807) is 24.3 Å². The van der Waals surface area contributed by atoms with Crippen molar-refractivity contribution in [3.05, 3.63) is 62.4 Å². The minimum absolute atomic E-state index is 0.107. The highest BCUT2D eigenvalue weighted by Gasteiger charge is 2.31. The predicted molar refractivity (Wildman–Crippen MR) is 129 cm³/mol. The van der Waals surface area contributed by atoms with Gasteiger partial charge in [0.05, 0.1) is 10.7 Å². The average molecular weight is 496 g/mol. The first-order valence-electron chi connectivity index (χ1n) is 9.90. The van der Waals surface area contributed by atoms with Crippen molar-refractivity contribution in [1.82, 2.24) is 9.29 Å². The molecule has 31 heavy (non-hydrogen) atoms. The lowest BCUT2D eigenvalue weighted by atomic mass is 10.1. The van der Waals surface area contributed by atoms with Gasteiger partial charge in [-0.1, -0.05) is 40.4 Å². The fraction of sp³-hybridized carbons (Fsp3) is 0.318. The highest BCUT2D eigenvalue weighted by atomic mass is 35.5. The largest absolute Gasteiger partial charge is 0.345 e. The number of halogens is 2. The van der Waals surface area contributed by atoms with E-state index in [-0.39, 0.29) is 9.92 Å². The smallest absolute Gasteiger partial charge is 0.244 e. The Bertz CT molecular complexity index is 1210. The molecule has 2 heterocycles. The van der Waals surface area contributed by atoms with Crippen LogP contribution in [0.2, 0.25) is 10.0 Å². The Morgan fingerprint density at radius 1 is 0.903 bits per heavy atom. The number of nitrogens with zero attached hydrogens (tertiary/aromatic N) is 3. The first-order valence-corrected chi connectivity index (χ1v) is 13.0. The van der Waals surface area contributed by atoms with E-state index in [1.807, 2.05) is 0 Å². The molecular formula is C22H23Cl2N3O2S2. The number of rotatable bonds is 4. The van der Waals surface area contributed by atoms with E-state index >= 15 is 0 Å². The normalized spacial score (nSPS) is 15.5. The number of aryl methyl sites for hydroxylation is 3. The molecule has 1 fully saturated rings. The summed E-state index contributed by atoms with van der Waals surface area (Å²) < 4.78 is 27.8. The van der Waals surface area contributed by atoms with E-state index < -0.39 is 10.0 Å². The minimum Gasteiger partial charge on any atom is -0.345 e. The Balaban J connectivity index is 1.49. The quantitative estimate of drug-likeness (QED) is 0.475. The molecule has 0 unspecified atom stereocenters. The van der Waals surface area contributed by atoms with Crippen molar-refractivity contribution in [3.8, 4) is 11.3 Å². The van der Waals surface area contributed by atoms with E-state index in [1.165, 1.54) is 21.5 Å². The van der Waals surface area contributed by atoms with Gasteiger partial charge in [0.15, 0.2) is 5.13 Å². The Hall–Kier alpha value is -1.64. The van der Waals surface area contributed by atoms with E-state index in [4.69, 9.17) is 28.2 Å². The molecule has 1 aliphatic heterocycles. The number of thiazole rings is 1. The van der Waals surface area contributed by atoms with Crippen LogP contribution in [0.1, 0.15) is 16.7 Å². The molecule has 2 aromatic carbocycles. The molecular weight excluding hydrogens is 473 g/mol. The first-order chi connectivity index (χ1) is 14.6. The third-order valence-corrected chi connectivity index (χ3v) is 9.02. The molecule has 1 aliphatic rings. The average Bonchev–Trinajstić information content (AvgIpc) is 3.20. The van der Waals surface area contributed by atoms with Crippen LogP contribution in [-0.4, -0.2) is 43.9 Å². The summed E-state index contributed by atoms with van der Waals surface area (Å²) in [4.78, 5) is 7.05. The zero-order chi connectivity index (χ0) is 22.3. The van der Waals surface area contributed by atoms with Crippen molar-refractivity contribution < 1.29 is 8.42 Å². The number of sulfonamides is 1. The zero-order valence-electron chi connectivity index (χ0n) is 17.5. The first kappa shape index (κ1) is 22.6. The van der Waals surface area contributed by atoms with Crippen molar-refractivity contribution in [2.45, 2.75) is 25.7 Å². The second-order valence-corrected chi connectivity index (χ2v) is 11.4. The third-order valence-electron chi connectivity index (χ3n) is 5.35. The van der Waals surface area contributed by atoms with Crippen molar-refractivity contribution in [1.29, 1.82) is 0 Å². The Morgan fingerprint density at radius 3 is 2.19 bits per heavy atom. The van der Waals surface area contributed by atoms with Crippen LogP contribution in [-0.2, 0) is 10.0 Å². The number of benzene rings is 2. The summed E-state index contributed by atoms with van der Waals surface area (Å²) in [5, 5.41) is 3.57. The Kier molecular flexibility index (Phi) is 6.34. The standard InChI is InChI=1S/C22H23Cl2N3O2S2/c1-14-8-15(2)10-17(9-14)20-13-30-22(25-20)26-4-6-27(7-5-26)31(28,29)21-11-16(3)18(23)12-19(21)24/h8-13H,4-7H2,1-3H3. The molecule has 1 aromatic heterocycles. The summed E-state index contributed by atoms with van der Waals surface area (Å²) in [6.45, 7) is 7.82. The maximum absolute atomic E-state index is 13.1. The van der Waals surface area contributed by atoms with Crippen LogP contribution in [0, 0.1) is 20.8 Å². The maximum Gasteiger partial charge on any atom is 0.244 e. The maximum atomic E-state index is 13.1. The van der Waals surface area contributed by atoms with Gasteiger partial charge in [0, 0.05) is 42.1 Å². The molecule has 3 aromatic rings. The summed E-state index contributed by atoms with van der Waals surface area (Å²) in [5.41, 5.74) is 5.16. The van der Waals surface area contributed by atoms with Gasteiger partial charge >= 0.3 is 0 Å². The highest BCUT2D eigenvalue weighted by molar-refractivity contribution is 7.89. The number of hydrogen-bond donors (Lipinski definition) is 0. The van der Waals surface area contributed by atoms with Gasteiger partial charge in [-0.3, -0.25) is 0 Å². The molecule has 9 heteroatoms. The summed E-state index contributed by atoms with van der Waals surface area (Å²) >= 11 is 13.9. The monoisotopic (exact) mass is 495 g/mol. The van der Waals surface area contributed by atoms with E-state index in [9.17, 15) is 8.42 Å². The molecule has 0 atom stereocenters. The van der Waals surface area contributed by atoms with Gasteiger partial charge in [0.25, 0.3) is 0 Å². The Morgan fingerprint density at radius 2 is 1.55 bits per heavy atom. The van der Waals surface area contributed by atoms with Crippen LogP contribution in [0.25, 0.3) is 11.3 Å². The van der Waals surface area contributed by atoms with Gasteiger partial charge in [-0.05, 0) is 50.6 Å². The molecule has 4 rings (SSSR count). The molecule has 0 amide bonds. The van der Waals surface area contributed by atoms with Crippen LogP contribution in [0.4, 0.5) is 5.13 Å². The molecule has 0 spiro atoms. The highest BCUT2D eigenvalue weighted by Crippen LogP contribution is 2.32. The molecule has 0 aliphatic carbocycles. The molecule has 0 N–H and O–H groups in total. The summed E-state index contributed by atoms with van der Waals surface area (Å²) in [5.74, 6) is 0. The van der Waals surface area contributed by atoms with Crippen LogP contribution >= 0.6 is 34.5 Å². The van der Waals surface area contributed by atoms with E-state index in [0.717, 1.165) is 16.4 Å². The second kappa shape index (κ2) is 8.71. The fourth-order valence-electron chi connectivity index (χ4n) is 3.75. The summed E-state index contributed by atoms with van der Waals surface area (Å²) in [7, 11) is -3.69. The lowest BCUT2D eigenvalue weighted by Gasteiger charge is -2.34. The molecule has 0 bridgehead atoms. The number of anilines is 1. The van der Waals surface area contributed by atoms with E-state index in [2.05, 4.69) is 42.3 Å². The van der Waals surface area contributed by atoms with Gasteiger partial charge in [0.1, 0.15) is 4.90 Å². The van der Waals surface area contributed by atoms with Crippen molar-refractivity contribution in [3.63, 3.8) is 0 Å².